The number of fused-ring (bicyclic) bond motifs is 1. The van der Waals surface area contributed by atoms with Crippen molar-refractivity contribution in [1.82, 2.24) is 15.6 Å². The molecule has 39 heavy (non-hydrogen) atoms. The molecule has 212 valence electrons. The maximum atomic E-state index is 13.2. The predicted molar refractivity (Wildman–Crippen MR) is 151 cm³/mol. The van der Waals surface area contributed by atoms with Gasteiger partial charge in [-0.3, -0.25) is 9.59 Å². The zero-order valence-corrected chi connectivity index (χ0v) is 25.3. The average molecular weight is 605 g/mol. The number of carbonyl (C=O) groups is 2. The Hall–Kier alpha value is -3.01. The van der Waals surface area contributed by atoms with Crippen LogP contribution >= 0.6 is 15.9 Å². The van der Waals surface area contributed by atoms with E-state index in [9.17, 15) is 14.4 Å². The maximum absolute atomic E-state index is 13.2. The van der Waals surface area contributed by atoms with Crippen molar-refractivity contribution < 1.29 is 23.8 Å². The minimum atomic E-state index is -0.895. The summed E-state index contributed by atoms with van der Waals surface area (Å²) >= 11 is 3.56. The lowest BCUT2D eigenvalue weighted by Crippen LogP contribution is -2.48. The minimum absolute atomic E-state index is 0.0386. The van der Waals surface area contributed by atoms with Crippen LogP contribution in [0.3, 0.4) is 0 Å². The number of aryl methyl sites for hydroxylation is 2. The van der Waals surface area contributed by atoms with Gasteiger partial charge in [-0.25, -0.2) is 4.79 Å². The van der Waals surface area contributed by atoms with Crippen LogP contribution in [-0.4, -0.2) is 34.4 Å². The summed E-state index contributed by atoms with van der Waals surface area (Å²) in [6.07, 6.45) is 2.78. The molecule has 0 radical (unpaired) electrons. The van der Waals surface area contributed by atoms with E-state index in [1.165, 1.54) is 0 Å². The van der Waals surface area contributed by atoms with Crippen LogP contribution < -0.4 is 25.7 Å². The molecule has 1 aromatic carbocycles. The molecule has 0 unspecified atom stereocenters. The van der Waals surface area contributed by atoms with Crippen LogP contribution in [0, 0.1) is 26.7 Å². The Labute approximate surface area is 237 Å². The third-order valence-electron chi connectivity index (χ3n) is 7.40. The summed E-state index contributed by atoms with van der Waals surface area (Å²) in [4.78, 5) is 40.5. The van der Waals surface area contributed by atoms with E-state index in [-0.39, 0.29) is 30.0 Å². The number of H-pyrrole nitrogens is 1. The summed E-state index contributed by atoms with van der Waals surface area (Å²) in [5, 5.41) is 5.84. The zero-order valence-electron chi connectivity index (χ0n) is 23.7. The number of rotatable bonds is 5. The van der Waals surface area contributed by atoms with Crippen molar-refractivity contribution in [3.8, 4) is 11.5 Å². The Bertz CT molecular complexity index is 1340. The van der Waals surface area contributed by atoms with Crippen molar-refractivity contribution in [2.24, 2.45) is 5.92 Å². The van der Waals surface area contributed by atoms with Gasteiger partial charge in [0.1, 0.15) is 5.60 Å². The summed E-state index contributed by atoms with van der Waals surface area (Å²) in [6, 6.07) is 3.65. The molecule has 9 nitrogen and oxygen atoms in total. The van der Waals surface area contributed by atoms with Gasteiger partial charge in [-0.2, -0.15) is 0 Å². The van der Waals surface area contributed by atoms with Gasteiger partial charge in [-0.05, 0) is 101 Å². The lowest BCUT2D eigenvalue weighted by molar-refractivity contribution is -0.121. The molecular formula is C29H38BrN3O6. The second kappa shape index (κ2) is 10.9. The molecule has 3 N–H and O–H groups in total. The molecule has 1 aliphatic heterocycles. The second-order valence-electron chi connectivity index (χ2n) is 11.7. The molecule has 0 saturated heterocycles. The van der Waals surface area contributed by atoms with Crippen LogP contribution in [0.1, 0.15) is 86.1 Å². The van der Waals surface area contributed by atoms with Gasteiger partial charge >= 0.3 is 6.09 Å². The third kappa shape index (κ3) is 6.42. The average Bonchev–Trinajstić information content (AvgIpc) is 3.19. The van der Waals surface area contributed by atoms with Crippen LogP contribution in [0.5, 0.6) is 11.5 Å². The highest BCUT2D eigenvalue weighted by Gasteiger charge is 2.47. The van der Waals surface area contributed by atoms with Gasteiger partial charge in [0.25, 0.3) is 17.3 Å². The summed E-state index contributed by atoms with van der Waals surface area (Å²) in [5.41, 5.74) is 2.50. The van der Waals surface area contributed by atoms with E-state index in [4.69, 9.17) is 14.2 Å². The van der Waals surface area contributed by atoms with E-state index in [2.05, 4.69) is 31.5 Å². The summed E-state index contributed by atoms with van der Waals surface area (Å²) in [5.74, 6) is 0.0120. The van der Waals surface area contributed by atoms with E-state index in [0.29, 0.717) is 32.7 Å². The number of benzene rings is 1. The van der Waals surface area contributed by atoms with Crippen molar-refractivity contribution in [3.63, 3.8) is 0 Å². The standard InChI is InChI=1S/C29H38BrN3O6/c1-15-12-16(2)32-26(35)21(15)14-31-25(34)20-13-22(30)24-23(17(20)3)37-29(7,38-24)18-8-10-19(11-9-18)33-27(36)39-28(4,5)6/h12-13,18-19H,8-11,14H2,1-7H3,(H,31,34)(H,32,35)(H,33,36)/t18-,19-,29-/m1/s1. The molecule has 2 aromatic rings. The number of hydrogen-bond acceptors (Lipinski definition) is 6. The Morgan fingerprint density at radius 2 is 1.74 bits per heavy atom. The lowest BCUT2D eigenvalue weighted by atomic mass is 9.81. The maximum Gasteiger partial charge on any atom is 0.407 e. The number of halogens is 1. The summed E-state index contributed by atoms with van der Waals surface area (Å²) < 4.78 is 18.8. The Kier molecular flexibility index (Phi) is 8.08. The van der Waals surface area contributed by atoms with Crippen LogP contribution in [0.15, 0.2) is 21.4 Å². The van der Waals surface area contributed by atoms with E-state index in [1.807, 2.05) is 54.5 Å². The van der Waals surface area contributed by atoms with Crippen molar-refractivity contribution in [1.29, 1.82) is 0 Å². The fourth-order valence-electron chi connectivity index (χ4n) is 5.35. The fourth-order valence-corrected chi connectivity index (χ4v) is 5.84. The van der Waals surface area contributed by atoms with E-state index >= 15 is 0 Å². The normalized spacial score (nSPS) is 22.4. The first-order chi connectivity index (χ1) is 18.2. The Morgan fingerprint density at radius 1 is 1.10 bits per heavy atom. The van der Waals surface area contributed by atoms with Crippen LogP contribution in [-0.2, 0) is 11.3 Å². The molecule has 1 aromatic heterocycles. The van der Waals surface area contributed by atoms with Crippen LogP contribution in [0.2, 0.25) is 0 Å². The summed E-state index contributed by atoms with van der Waals surface area (Å²) in [6.45, 7) is 13.1. The number of amides is 2. The van der Waals surface area contributed by atoms with Gasteiger partial charge in [-0.15, -0.1) is 0 Å². The molecule has 1 atom stereocenters. The van der Waals surface area contributed by atoms with E-state index in [1.54, 1.807) is 6.07 Å². The van der Waals surface area contributed by atoms with Crippen LogP contribution in [0.25, 0.3) is 0 Å². The molecule has 2 heterocycles. The lowest BCUT2D eigenvalue weighted by Gasteiger charge is -2.37. The first kappa shape index (κ1) is 29.0. The first-order valence-electron chi connectivity index (χ1n) is 13.3. The smallest absolute Gasteiger partial charge is 0.407 e. The molecule has 10 heteroatoms. The second-order valence-corrected chi connectivity index (χ2v) is 12.6. The van der Waals surface area contributed by atoms with Gasteiger partial charge in [0.15, 0.2) is 11.5 Å². The molecule has 1 aliphatic carbocycles. The molecular weight excluding hydrogens is 566 g/mol. The predicted octanol–water partition coefficient (Wildman–Crippen LogP) is 5.56. The largest absolute Gasteiger partial charge is 0.448 e. The number of alkyl carbamates (subject to hydrolysis) is 1. The minimum Gasteiger partial charge on any atom is -0.448 e. The Balaban J connectivity index is 1.42. The van der Waals surface area contributed by atoms with Crippen molar-refractivity contribution in [2.45, 2.75) is 98.1 Å². The highest BCUT2D eigenvalue weighted by molar-refractivity contribution is 9.10. The molecule has 1 saturated carbocycles. The molecule has 4 rings (SSSR count). The molecule has 2 amide bonds. The van der Waals surface area contributed by atoms with Crippen molar-refractivity contribution >= 4 is 27.9 Å². The summed E-state index contributed by atoms with van der Waals surface area (Å²) in [7, 11) is 0. The quantitative estimate of drug-likeness (QED) is 0.411. The molecule has 0 spiro atoms. The highest BCUT2D eigenvalue weighted by atomic mass is 79.9. The Morgan fingerprint density at radius 3 is 2.36 bits per heavy atom. The molecule has 0 bridgehead atoms. The number of nitrogens with one attached hydrogen (secondary N) is 3. The van der Waals surface area contributed by atoms with Gasteiger partial charge in [0.05, 0.1) is 4.47 Å². The number of hydrogen-bond donors (Lipinski definition) is 3. The number of aromatic amines is 1. The number of aromatic nitrogens is 1. The third-order valence-corrected chi connectivity index (χ3v) is 7.99. The zero-order chi connectivity index (χ0) is 28.7. The van der Waals surface area contributed by atoms with Gasteiger partial charge < -0.3 is 29.8 Å². The van der Waals surface area contributed by atoms with Crippen molar-refractivity contribution in [2.75, 3.05) is 0 Å². The van der Waals surface area contributed by atoms with Crippen molar-refractivity contribution in [3.05, 3.63) is 54.9 Å². The number of ether oxygens (including phenoxy) is 3. The molecule has 1 fully saturated rings. The number of carbonyl (C=O) groups excluding carboxylic acids is 2. The first-order valence-corrected chi connectivity index (χ1v) is 14.1. The van der Waals surface area contributed by atoms with Gasteiger partial charge in [0.2, 0.25) is 0 Å². The SMILES string of the molecule is Cc1cc(C)c(CNC(=O)c2cc(Br)c3c(c2C)O[C@@](C)([C@H]2CC[C@H](NC(=O)OC(C)(C)C)CC2)O3)c(=O)[nH]1. The van der Waals surface area contributed by atoms with E-state index in [0.717, 1.165) is 36.9 Å². The fraction of sp³-hybridized carbons (Fsp3) is 0.552. The highest BCUT2D eigenvalue weighted by Crippen LogP contribution is 2.51. The van der Waals surface area contributed by atoms with Crippen LogP contribution in [0.4, 0.5) is 4.79 Å². The monoisotopic (exact) mass is 603 g/mol. The van der Waals surface area contributed by atoms with Gasteiger partial charge in [-0.1, -0.05) is 0 Å². The topological polar surface area (TPSA) is 119 Å². The van der Waals surface area contributed by atoms with E-state index < -0.39 is 17.5 Å². The van der Waals surface area contributed by atoms with Gasteiger partial charge in [0, 0.05) is 47.8 Å². The molecule has 2 aliphatic rings. The number of pyridine rings is 1.